The third-order valence-corrected chi connectivity index (χ3v) is 6.87. The van der Waals surface area contributed by atoms with Crippen LogP contribution in [0, 0.1) is 5.92 Å². The normalized spacial score (nSPS) is 20.8. The minimum Gasteiger partial charge on any atom is -0.507 e. The van der Waals surface area contributed by atoms with E-state index < -0.39 is 49.0 Å². The number of amides is 2. The Bertz CT molecular complexity index is 1130. The Hall–Kier alpha value is -3.28. The second-order valence-electron chi connectivity index (χ2n) is 10.5. The molecule has 0 aliphatic carbocycles. The molecule has 0 bridgehead atoms. The highest BCUT2D eigenvalue weighted by Gasteiger charge is 2.41. The van der Waals surface area contributed by atoms with E-state index in [2.05, 4.69) is 15.6 Å². The van der Waals surface area contributed by atoms with Crippen LogP contribution in [0.4, 0.5) is 0 Å². The van der Waals surface area contributed by atoms with Crippen molar-refractivity contribution in [2.45, 2.75) is 71.2 Å². The Morgan fingerprint density at radius 1 is 1.10 bits per heavy atom. The third-order valence-electron chi connectivity index (χ3n) is 6.87. The Labute approximate surface area is 230 Å². The predicted molar refractivity (Wildman–Crippen MR) is 148 cm³/mol. The highest BCUT2D eigenvalue weighted by atomic mass is 16.6. The van der Waals surface area contributed by atoms with Gasteiger partial charge in [-0.3, -0.25) is 19.3 Å². The molecule has 0 spiro atoms. The zero-order valence-corrected chi connectivity index (χ0v) is 23.5. The Kier molecular flexibility index (Phi) is 10.6. The molecular formula is C28H39BN4O6. The molecule has 1 aliphatic rings. The molecule has 0 radical (unpaired) electrons. The van der Waals surface area contributed by atoms with Crippen LogP contribution in [0.1, 0.15) is 51.5 Å². The molecule has 3 rings (SSSR count). The van der Waals surface area contributed by atoms with Crippen LogP contribution in [-0.4, -0.2) is 83.7 Å². The lowest BCUT2D eigenvalue weighted by atomic mass is 9.73. The second-order valence-corrected chi connectivity index (χ2v) is 10.5. The molecule has 0 saturated carbocycles. The first-order valence-corrected chi connectivity index (χ1v) is 13.3. The van der Waals surface area contributed by atoms with Gasteiger partial charge < -0.3 is 25.0 Å². The number of aliphatic hydroxyl groups is 1. The number of hydrogen-bond donors (Lipinski definition) is 3. The summed E-state index contributed by atoms with van der Waals surface area (Å²) in [7, 11) is 0.811. The average molecular weight is 538 g/mol. The molecule has 39 heavy (non-hydrogen) atoms. The fourth-order valence-electron chi connectivity index (χ4n) is 4.31. The molecule has 1 unspecified atom stereocenters. The van der Waals surface area contributed by atoms with Crippen molar-refractivity contribution >= 4 is 24.9 Å². The summed E-state index contributed by atoms with van der Waals surface area (Å²) in [6.45, 7) is 9.37. The van der Waals surface area contributed by atoms with Gasteiger partial charge in [0.1, 0.15) is 17.8 Å². The minimum absolute atomic E-state index is 0.0469. The quantitative estimate of drug-likeness (QED) is 0.414. The van der Waals surface area contributed by atoms with Crippen LogP contribution in [0.2, 0.25) is 0 Å². The molecule has 2 aromatic rings. The van der Waals surface area contributed by atoms with Crippen molar-refractivity contribution in [3.63, 3.8) is 0 Å². The molecule has 5 atom stereocenters. The summed E-state index contributed by atoms with van der Waals surface area (Å²) < 4.78 is 11.6. The van der Waals surface area contributed by atoms with Crippen LogP contribution >= 0.6 is 0 Å². The number of aliphatic hydroxyl groups excluding tert-OH is 1. The molecule has 1 aromatic carbocycles. The summed E-state index contributed by atoms with van der Waals surface area (Å²) in [6.07, 6.45) is -0.760. The predicted octanol–water partition coefficient (Wildman–Crippen LogP) is 2.07. The highest BCUT2D eigenvalue weighted by molar-refractivity contribution is 6.49. The highest BCUT2D eigenvalue weighted by Crippen LogP contribution is 2.18. The van der Waals surface area contributed by atoms with E-state index in [-0.39, 0.29) is 17.7 Å². The van der Waals surface area contributed by atoms with E-state index >= 15 is 0 Å². The number of nitrogens with zero attached hydrogens (tertiary/aromatic N) is 2. The number of hydrogen-bond acceptors (Lipinski definition) is 8. The van der Waals surface area contributed by atoms with Gasteiger partial charge in [-0.2, -0.15) is 0 Å². The molecular weight excluding hydrogens is 499 g/mol. The zero-order valence-electron chi connectivity index (χ0n) is 23.5. The van der Waals surface area contributed by atoms with E-state index in [4.69, 9.17) is 9.31 Å². The van der Waals surface area contributed by atoms with Gasteiger partial charge in [-0.25, -0.2) is 4.98 Å². The van der Waals surface area contributed by atoms with Crippen molar-refractivity contribution < 1.29 is 28.8 Å². The van der Waals surface area contributed by atoms with Gasteiger partial charge in [-0.1, -0.05) is 50.2 Å². The maximum atomic E-state index is 13.4. The lowest BCUT2D eigenvalue weighted by molar-refractivity contribution is -0.144. The molecule has 10 nitrogen and oxygen atoms in total. The summed E-state index contributed by atoms with van der Waals surface area (Å²) in [5.74, 6) is -2.24. The summed E-state index contributed by atoms with van der Waals surface area (Å²) in [5, 5.41) is 15.9. The fraction of sp³-hybridized carbons (Fsp3) is 0.500. The molecule has 11 heteroatoms. The maximum Gasteiger partial charge on any atom is 0.551 e. The van der Waals surface area contributed by atoms with Gasteiger partial charge in [0.25, 0.3) is 5.91 Å². The lowest BCUT2D eigenvalue weighted by Gasteiger charge is -2.36. The number of benzene rings is 1. The van der Waals surface area contributed by atoms with Gasteiger partial charge in [-0.15, -0.1) is 0 Å². The fourth-order valence-corrected chi connectivity index (χ4v) is 4.31. The van der Waals surface area contributed by atoms with Crippen LogP contribution in [0.3, 0.4) is 0 Å². The molecule has 1 fully saturated rings. The molecule has 2 amide bonds. The SMILES string of the molecule is CC(C)C[C@H](NC(=O)C(NC(=O)c1cccc(-c2ccccc2)n1)[C@@H](C)O)B1OC[C@@H](C)N(C)[C@H](C)C(=O)O1. The molecule has 3 N–H and O–H groups in total. The van der Waals surface area contributed by atoms with Crippen LogP contribution in [-0.2, 0) is 18.9 Å². The summed E-state index contributed by atoms with van der Waals surface area (Å²) >= 11 is 0. The average Bonchev–Trinajstić information content (AvgIpc) is 2.91. The van der Waals surface area contributed by atoms with Crippen LogP contribution in [0.25, 0.3) is 11.3 Å². The minimum atomic E-state index is -1.28. The molecule has 1 aliphatic heterocycles. The summed E-state index contributed by atoms with van der Waals surface area (Å²) in [5.41, 5.74) is 1.56. The number of likely N-dealkylation sites (N-methyl/N-ethyl adjacent to an activating group) is 1. The van der Waals surface area contributed by atoms with Crippen LogP contribution in [0.15, 0.2) is 48.5 Å². The van der Waals surface area contributed by atoms with Crippen LogP contribution in [0.5, 0.6) is 0 Å². The smallest absolute Gasteiger partial charge is 0.507 e. The Morgan fingerprint density at radius 2 is 1.79 bits per heavy atom. The Morgan fingerprint density at radius 3 is 2.44 bits per heavy atom. The van der Waals surface area contributed by atoms with E-state index in [9.17, 15) is 19.5 Å². The first-order valence-electron chi connectivity index (χ1n) is 13.3. The standard InChI is InChI=1S/C28H39BN4O6/c1-17(2)15-24(29-38-16-18(3)33(6)19(4)28(37)39-29)31-27(36)25(20(5)34)32-26(35)23-14-10-13-22(30-23)21-11-8-7-9-12-21/h7-14,17-20,24-25,34H,15-16H2,1-6H3,(H,31,36)(H,32,35)/t18-,19-,20-,24+,25?/m1/s1. The van der Waals surface area contributed by atoms with Crippen molar-refractivity contribution in [1.82, 2.24) is 20.5 Å². The van der Waals surface area contributed by atoms with Crippen molar-refractivity contribution in [1.29, 1.82) is 0 Å². The number of rotatable bonds is 9. The molecule has 210 valence electrons. The summed E-state index contributed by atoms with van der Waals surface area (Å²) in [6, 6.07) is 12.6. The van der Waals surface area contributed by atoms with Crippen molar-refractivity contribution in [2.24, 2.45) is 5.92 Å². The van der Waals surface area contributed by atoms with Gasteiger partial charge in [0.2, 0.25) is 5.91 Å². The van der Waals surface area contributed by atoms with Gasteiger partial charge in [0, 0.05) is 18.2 Å². The third kappa shape index (κ3) is 8.11. The number of aromatic nitrogens is 1. The van der Waals surface area contributed by atoms with Crippen molar-refractivity contribution in [2.75, 3.05) is 13.7 Å². The van der Waals surface area contributed by atoms with Crippen molar-refractivity contribution in [3.8, 4) is 11.3 Å². The van der Waals surface area contributed by atoms with E-state index in [0.717, 1.165) is 5.56 Å². The second kappa shape index (κ2) is 13.7. The van der Waals surface area contributed by atoms with Crippen LogP contribution < -0.4 is 10.6 Å². The molecule has 1 saturated heterocycles. The van der Waals surface area contributed by atoms with E-state index in [1.165, 1.54) is 6.92 Å². The molecule has 2 heterocycles. The number of carbonyl (C=O) groups excluding carboxylic acids is 3. The van der Waals surface area contributed by atoms with E-state index in [1.54, 1.807) is 25.1 Å². The van der Waals surface area contributed by atoms with Crippen molar-refractivity contribution in [3.05, 3.63) is 54.2 Å². The first-order chi connectivity index (χ1) is 18.5. The zero-order chi connectivity index (χ0) is 28.7. The first kappa shape index (κ1) is 30.3. The van der Waals surface area contributed by atoms with Gasteiger partial charge in [0.15, 0.2) is 0 Å². The largest absolute Gasteiger partial charge is 0.551 e. The van der Waals surface area contributed by atoms with Gasteiger partial charge >= 0.3 is 13.1 Å². The van der Waals surface area contributed by atoms with Gasteiger partial charge in [-0.05, 0) is 52.3 Å². The number of carbonyl (C=O) groups is 3. The van der Waals surface area contributed by atoms with E-state index in [1.807, 2.05) is 63.1 Å². The summed E-state index contributed by atoms with van der Waals surface area (Å²) in [4.78, 5) is 45.5. The monoisotopic (exact) mass is 538 g/mol. The maximum absolute atomic E-state index is 13.4. The number of nitrogens with one attached hydrogen (secondary N) is 2. The topological polar surface area (TPSA) is 130 Å². The van der Waals surface area contributed by atoms with E-state index in [0.29, 0.717) is 18.7 Å². The lowest BCUT2D eigenvalue weighted by Crippen LogP contribution is -2.60. The number of pyridine rings is 1. The van der Waals surface area contributed by atoms with Gasteiger partial charge in [0.05, 0.1) is 17.7 Å². The molecule has 1 aromatic heterocycles. The Balaban J connectivity index is 1.76.